The number of hydrogen-bond acceptors (Lipinski definition) is 1. The Labute approximate surface area is 157 Å². The van der Waals surface area contributed by atoms with Gasteiger partial charge in [0.2, 0.25) is 0 Å². The number of hydrogen-bond donors (Lipinski definition) is 2. The average Bonchev–Trinajstić information content (AvgIpc) is 3.20. The van der Waals surface area contributed by atoms with Crippen LogP contribution in [0.3, 0.4) is 0 Å². The molecule has 2 N–H and O–H groups in total. The minimum Gasteiger partial charge on any atom is -0.351 e. The summed E-state index contributed by atoms with van der Waals surface area (Å²) in [6.45, 7) is 2.71. The number of aromatic nitrogens is 1. The minimum absolute atomic E-state index is 0.275. The maximum Gasteiger partial charge on any atom is 0.275 e. The van der Waals surface area contributed by atoms with Crippen LogP contribution in [0, 0.1) is 23.2 Å². The Kier molecular flexibility index (Phi) is 4.15. The van der Waals surface area contributed by atoms with Gasteiger partial charge in [-0.25, -0.2) is 0 Å². The molecule has 1 aromatic heterocycles. The Balaban J connectivity index is 1.18. The summed E-state index contributed by atoms with van der Waals surface area (Å²) in [7, 11) is 2.12. The Bertz CT molecular complexity index is 643. The van der Waals surface area contributed by atoms with Crippen LogP contribution in [0.15, 0.2) is 18.3 Å². The van der Waals surface area contributed by atoms with Gasteiger partial charge in [-0.15, -0.1) is 0 Å². The summed E-state index contributed by atoms with van der Waals surface area (Å²) < 4.78 is 2.23. The van der Waals surface area contributed by atoms with Gasteiger partial charge in [0, 0.05) is 32.6 Å². The first kappa shape index (κ1) is 16.9. The highest BCUT2D eigenvalue weighted by Gasteiger charge is 2.50. The predicted molar refractivity (Wildman–Crippen MR) is 102 cm³/mol. The van der Waals surface area contributed by atoms with Crippen molar-refractivity contribution in [2.24, 2.45) is 30.2 Å². The third-order valence-electron chi connectivity index (χ3n) is 8.04. The van der Waals surface area contributed by atoms with Gasteiger partial charge in [0.1, 0.15) is 6.04 Å². The number of likely N-dealkylation sites (tertiary alicyclic amines) is 1. The summed E-state index contributed by atoms with van der Waals surface area (Å²) in [6.07, 6.45) is 13.1. The van der Waals surface area contributed by atoms with Gasteiger partial charge in [-0.3, -0.25) is 4.79 Å². The van der Waals surface area contributed by atoms with Crippen molar-refractivity contribution in [2.75, 3.05) is 19.6 Å². The molecule has 0 aromatic carbocycles. The molecule has 2 atom stereocenters. The lowest BCUT2D eigenvalue weighted by molar-refractivity contribution is -0.911. The van der Waals surface area contributed by atoms with Crippen molar-refractivity contribution in [3.63, 3.8) is 0 Å². The first-order valence-electron chi connectivity index (χ1n) is 10.8. The van der Waals surface area contributed by atoms with E-state index >= 15 is 0 Å². The molecule has 1 aliphatic heterocycles. The predicted octanol–water partition coefficient (Wildman–Crippen LogP) is 2.08. The summed E-state index contributed by atoms with van der Waals surface area (Å²) in [4.78, 5) is 14.2. The fraction of sp³-hybridized carbons (Fsp3) is 0.773. The van der Waals surface area contributed by atoms with Crippen LogP contribution in [0.1, 0.15) is 63.1 Å². The maximum absolute atomic E-state index is 12.8. The molecule has 4 nitrogen and oxygen atoms in total. The van der Waals surface area contributed by atoms with E-state index in [1.807, 2.05) is 0 Å². The SMILES string of the molecule is Cn1cccc1[C@@H]1CCC[NH+]1CC(=O)NCC12CC3CC(CC(C3)C1)C2. The highest BCUT2D eigenvalue weighted by molar-refractivity contribution is 5.76. The average molecular weight is 357 g/mol. The third kappa shape index (κ3) is 3.00. The fourth-order valence-corrected chi connectivity index (χ4v) is 7.38. The molecule has 1 saturated heterocycles. The van der Waals surface area contributed by atoms with Crippen molar-refractivity contribution >= 4 is 5.91 Å². The molecule has 4 bridgehead atoms. The van der Waals surface area contributed by atoms with Crippen LogP contribution < -0.4 is 10.2 Å². The van der Waals surface area contributed by atoms with E-state index in [0.29, 0.717) is 18.0 Å². The lowest BCUT2D eigenvalue weighted by Gasteiger charge is -2.56. The topological polar surface area (TPSA) is 38.5 Å². The molecule has 4 heteroatoms. The summed E-state index contributed by atoms with van der Waals surface area (Å²) in [6, 6.07) is 4.84. The Morgan fingerprint density at radius 3 is 2.54 bits per heavy atom. The quantitative estimate of drug-likeness (QED) is 0.833. The molecule has 142 valence electrons. The number of quaternary nitrogens is 1. The number of amides is 1. The van der Waals surface area contributed by atoms with Crippen LogP contribution in [-0.2, 0) is 11.8 Å². The normalized spacial score (nSPS) is 40.9. The van der Waals surface area contributed by atoms with Gasteiger partial charge in [0.05, 0.1) is 12.2 Å². The van der Waals surface area contributed by atoms with E-state index in [9.17, 15) is 4.79 Å². The lowest BCUT2D eigenvalue weighted by atomic mass is 9.49. The highest BCUT2D eigenvalue weighted by Crippen LogP contribution is 2.59. The molecular weight excluding hydrogens is 322 g/mol. The third-order valence-corrected chi connectivity index (χ3v) is 8.04. The minimum atomic E-state index is 0.275. The van der Waals surface area contributed by atoms with Crippen LogP contribution in [-0.4, -0.2) is 30.1 Å². The lowest BCUT2D eigenvalue weighted by Crippen LogP contribution is -3.11. The van der Waals surface area contributed by atoms with Crippen LogP contribution >= 0.6 is 0 Å². The smallest absolute Gasteiger partial charge is 0.275 e. The first-order chi connectivity index (χ1) is 12.6. The summed E-state index contributed by atoms with van der Waals surface area (Å²) in [5.74, 6) is 3.16. The molecular formula is C22H34N3O+. The second-order valence-corrected chi connectivity index (χ2v) is 10.0. The Morgan fingerprint density at radius 1 is 1.23 bits per heavy atom. The van der Waals surface area contributed by atoms with Gasteiger partial charge >= 0.3 is 0 Å². The second-order valence-electron chi connectivity index (χ2n) is 10.0. The molecule has 6 rings (SSSR count). The standard InChI is InChI=1S/C22H33N3O/c1-24-6-2-4-19(24)20-5-3-7-25(20)14-21(26)23-15-22-11-16-8-17(12-22)10-18(9-16)13-22/h2,4,6,16-18,20H,3,5,7-15H2,1H3,(H,23,26)/p+1/t16?,17?,18?,20-,22?/m0/s1. The molecule has 26 heavy (non-hydrogen) atoms. The molecule has 5 fully saturated rings. The molecule has 4 aliphatic carbocycles. The van der Waals surface area contributed by atoms with Crippen molar-refractivity contribution in [3.05, 3.63) is 24.0 Å². The molecule has 1 unspecified atom stereocenters. The monoisotopic (exact) mass is 356 g/mol. The largest absolute Gasteiger partial charge is 0.351 e. The molecule has 5 aliphatic rings. The Hall–Kier alpha value is -1.29. The van der Waals surface area contributed by atoms with E-state index in [1.54, 1.807) is 0 Å². The van der Waals surface area contributed by atoms with Crippen molar-refractivity contribution in [1.29, 1.82) is 0 Å². The van der Waals surface area contributed by atoms with E-state index in [4.69, 9.17) is 0 Å². The van der Waals surface area contributed by atoms with Crippen LogP contribution in [0.25, 0.3) is 0 Å². The summed E-state index contributed by atoms with van der Waals surface area (Å²) in [5.41, 5.74) is 1.83. The summed E-state index contributed by atoms with van der Waals surface area (Å²) in [5, 5.41) is 3.38. The van der Waals surface area contributed by atoms with Crippen LogP contribution in [0.5, 0.6) is 0 Å². The van der Waals surface area contributed by atoms with E-state index < -0.39 is 0 Å². The fourth-order valence-electron chi connectivity index (χ4n) is 7.38. The van der Waals surface area contributed by atoms with Gasteiger partial charge in [0.25, 0.3) is 5.91 Å². The van der Waals surface area contributed by atoms with Gasteiger partial charge in [-0.1, -0.05) is 0 Å². The number of carbonyl (C=O) groups excluding carboxylic acids is 1. The van der Waals surface area contributed by atoms with Crippen molar-refractivity contribution in [1.82, 2.24) is 9.88 Å². The number of rotatable bonds is 5. The highest BCUT2D eigenvalue weighted by atomic mass is 16.2. The van der Waals surface area contributed by atoms with Gasteiger partial charge in [-0.05, 0) is 73.8 Å². The first-order valence-corrected chi connectivity index (χ1v) is 10.8. The second kappa shape index (κ2) is 6.40. The van der Waals surface area contributed by atoms with E-state index in [-0.39, 0.29) is 5.91 Å². The van der Waals surface area contributed by atoms with Gasteiger partial charge in [-0.2, -0.15) is 0 Å². The molecule has 2 heterocycles. The molecule has 0 radical (unpaired) electrons. The van der Waals surface area contributed by atoms with Gasteiger partial charge < -0.3 is 14.8 Å². The zero-order valence-corrected chi connectivity index (χ0v) is 16.2. The van der Waals surface area contributed by atoms with Crippen molar-refractivity contribution < 1.29 is 9.69 Å². The maximum atomic E-state index is 12.8. The summed E-state index contributed by atoms with van der Waals surface area (Å²) >= 11 is 0. The van der Waals surface area contributed by atoms with Crippen LogP contribution in [0.4, 0.5) is 0 Å². The molecule has 1 aromatic rings. The van der Waals surface area contributed by atoms with E-state index in [1.165, 1.54) is 62.0 Å². The molecule has 1 amide bonds. The Morgan fingerprint density at radius 2 is 1.92 bits per heavy atom. The zero-order chi connectivity index (χ0) is 17.7. The number of nitrogens with zero attached hydrogens (tertiary/aromatic N) is 1. The number of carbonyl (C=O) groups is 1. The van der Waals surface area contributed by atoms with Crippen molar-refractivity contribution in [2.45, 2.75) is 57.4 Å². The van der Waals surface area contributed by atoms with Crippen molar-refractivity contribution in [3.8, 4) is 0 Å². The zero-order valence-electron chi connectivity index (χ0n) is 16.2. The molecule has 4 saturated carbocycles. The van der Waals surface area contributed by atoms with E-state index in [0.717, 1.165) is 30.8 Å². The van der Waals surface area contributed by atoms with Gasteiger partial charge in [0.15, 0.2) is 6.54 Å². The molecule has 0 spiro atoms. The number of nitrogens with one attached hydrogen (secondary N) is 2. The number of aryl methyl sites for hydroxylation is 1. The van der Waals surface area contributed by atoms with Crippen LogP contribution in [0.2, 0.25) is 0 Å². The van der Waals surface area contributed by atoms with E-state index in [2.05, 4.69) is 35.3 Å².